The van der Waals surface area contributed by atoms with Crippen LogP contribution in [-0.2, 0) is 0 Å². The zero-order chi connectivity index (χ0) is 14.4. The highest BCUT2D eigenvalue weighted by molar-refractivity contribution is 5.36. The number of nitrogens with zero attached hydrogens (tertiary/aromatic N) is 1. The third kappa shape index (κ3) is 3.93. The lowest BCUT2D eigenvalue weighted by Crippen LogP contribution is -2.45. The molecule has 1 aliphatic rings. The van der Waals surface area contributed by atoms with E-state index in [9.17, 15) is 4.39 Å². The van der Waals surface area contributed by atoms with E-state index in [0.29, 0.717) is 6.42 Å². The van der Waals surface area contributed by atoms with Crippen LogP contribution in [0, 0.1) is 0 Å². The van der Waals surface area contributed by atoms with Crippen LogP contribution in [0.15, 0.2) is 24.3 Å². The SMILES string of the molecule is CC(C)Oc1ccccc1[C@H](CCF)N1CCNCC1. The highest BCUT2D eigenvalue weighted by Crippen LogP contribution is 2.32. The van der Waals surface area contributed by atoms with Crippen molar-refractivity contribution in [3.8, 4) is 5.75 Å². The second-order valence-corrected chi connectivity index (χ2v) is 5.48. The zero-order valence-electron chi connectivity index (χ0n) is 12.4. The molecule has 1 N–H and O–H groups in total. The van der Waals surface area contributed by atoms with Gasteiger partial charge < -0.3 is 10.1 Å². The Labute approximate surface area is 121 Å². The first kappa shape index (κ1) is 15.3. The maximum absolute atomic E-state index is 13.0. The van der Waals surface area contributed by atoms with Gasteiger partial charge in [-0.1, -0.05) is 18.2 Å². The molecule has 0 spiro atoms. The topological polar surface area (TPSA) is 24.5 Å². The fraction of sp³-hybridized carbons (Fsp3) is 0.625. The predicted molar refractivity (Wildman–Crippen MR) is 80.0 cm³/mol. The van der Waals surface area contributed by atoms with E-state index in [1.165, 1.54) is 0 Å². The number of halogens is 1. The standard InChI is InChI=1S/C16H25FN2O/c1-13(2)20-16-6-4-3-5-14(16)15(7-8-17)19-11-9-18-10-12-19/h3-6,13,15,18H,7-12H2,1-2H3/t15-/m0/s1. The molecule has 112 valence electrons. The Balaban J connectivity index is 2.23. The molecule has 0 aromatic heterocycles. The molecular formula is C16H25FN2O. The lowest BCUT2D eigenvalue weighted by Gasteiger charge is -2.35. The Kier molecular flexibility index (Phi) is 5.80. The van der Waals surface area contributed by atoms with Gasteiger partial charge in [0.1, 0.15) is 5.75 Å². The van der Waals surface area contributed by atoms with E-state index in [4.69, 9.17) is 4.74 Å². The van der Waals surface area contributed by atoms with Gasteiger partial charge >= 0.3 is 0 Å². The molecule has 3 nitrogen and oxygen atoms in total. The number of ether oxygens (including phenoxy) is 1. The van der Waals surface area contributed by atoms with E-state index >= 15 is 0 Å². The number of hydrogen-bond donors (Lipinski definition) is 1. The number of para-hydroxylation sites is 1. The highest BCUT2D eigenvalue weighted by Gasteiger charge is 2.24. The van der Waals surface area contributed by atoms with Crippen LogP contribution in [0.3, 0.4) is 0 Å². The summed E-state index contributed by atoms with van der Waals surface area (Å²) in [6, 6.07) is 8.15. The van der Waals surface area contributed by atoms with Crippen LogP contribution in [0.25, 0.3) is 0 Å². The summed E-state index contributed by atoms with van der Waals surface area (Å²) in [7, 11) is 0. The summed E-state index contributed by atoms with van der Waals surface area (Å²) in [5, 5.41) is 3.34. The summed E-state index contributed by atoms with van der Waals surface area (Å²) in [4.78, 5) is 2.36. The van der Waals surface area contributed by atoms with Crippen LogP contribution in [0.1, 0.15) is 31.9 Å². The van der Waals surface area contributed by atoms with Crippen LogP contribution in [0.2, 0.25) is 0 Å². The number of piperazine rings is 1. The monoisotopic (exact) mass is 280 g/mol. The Morgan fingerprint density at radius 2 is 1.95 bits per heavy atom. The fourth-order valence-electron chi connectivity index (χ4n) is 2.75. The van der Waals surface area contributed by atoms with Gasteiger partial charge in [0.05, 0.1) is 12.8 Å². The number of hydrogen-bond acceptors (Lipinski definition) is 3. The number of alkyl halides is 1. The molecule has 1 fully saturated rings. The summed E-state index contributed by atoms with van der Waals surface area (Å²) < 4.78 is 18.9. The van der Waals surface area contributed by atoms with Crippen molar-refractivity contribution in [3.05, 3.63) is 29.8 Å². The van der Waals surface area contributed by atoms with Crippen molar-refractivity contribution in [2.24, 2.45) is 0 Å². The van der Waals surface area contributed by atoms with Gasteiger partial charge in [-0.25, -0.2) is 0 Å². The van der Waals surface area contributed by atoms with E-state index < -0.39 is 0 Å². The first-order valence-electron chi connectivity index (χ1n) is 7.48. The Morgan fingerprint density at radius 1 is 1.25 bits per heavy atom. The van der Waals surface area contributed by atoms with Crippen molar-refractivity contribution < 1.29 is 9.13 Å². The molecule has 0 unspecified atom stereocenters. The third-order valence-corrected chi connectivity index (χ3v) is 3.62. The summed E-state index contributed by atoms with van der Waals surface area (Å²) in [5.41, 5.74) is 1.11. The number of nitrogens with one attached hydrogen (secondary N) is 1. The normalized spacial score (nSPS) is 18.2. The second-order valence-electron chi connectivity index (χ2n) is 5.48. The molecule has 2 rings (SSSR count). The molecule has 1 aromatic rings. The summed E-state index contributed by atoms with van der Waals surface area (Å²) in [6.07, 6.45) is 0.656. The smallest absolute Gasteiger partial charge is 0.124 e. The minimum absolute atomic E-state index is 0.108. The zero-order valence-corrected chi connectivity index (χ0v) is 12.4. The van der Waals surface area contributed by atoms with E-state index in [-0.39, 0.29) is 18.8 Å². The first-order chi connectivity index (χ1) is 9.72. The third-order valence-electron chi connectivity index (χ3n) is 3.62. The van der Waals surface area contributed by atoms with Gasteiger partial charge in [-0.05, 0) is 26.3 Å². The first-order valence-corrected chi connectivity index (χ1v) is 7.48. The molecule has 1 atom stereocenters. The molecule has 0 saturated carbocycles. The van der Waals surface area contributed by atoms with E-state index in [1.807, 2.05) is 32.0 Å². The van der Waals surface area contributed by atoms with E-state index in [2.05, 4.69) is 16.3 Å². The van der Waals surface area contributed by atoms with Crippen molar-refractivity contribution in [3.63, 3.8) is 0 Å². The average molecular weight is 280 g/mol. The molecule has 20 heavy (non-hydrogen) atoms. The second kappa shape index (κ2) is 7.60. The molecule has 0 bridgehead atoms. The van der Waals surface area contributed by atoms with Gasteiger partial charge in [0.2, 0.25) is 0 Å². The molecule has 1 aromatic carbocycles. The highest BCUT2D eigenvalue weighted by atomic mass is 19.1. The molecule has 0 radical (unpaired) electrons. The number of benzene rings is 1. The summed E-state index contributed by atoms with van der Waals surface area (Å²) >= 11 is 0. The molecular weight excluding hydrogens is 255 g/mol. The lowest BCUT2D eigenvalue weighted by molar-refractivity contribution is 0.150. The van der Waals surface area contributed by atoms with Crippen molar-refractivity contribution >= 4 is 0 Å². The van der Waals surface area contributed by atoms with Crippen molar-refractivity contribution in [2.75, 3.05) is 32.9 Å². The van der Waals surface area contributed by atoms with E-state index in [1.54, 1.807) is 0 Å². The number of rotatable bonds is 6. The lowest BCUT2D eigenvalue weighted by atomic mass is 10.0. The van der Waals surface area contributed by atoms with Crippen molar-refractivity contribution in [1.82, 2.24) is 10.2 Å². The van der Waals surface area contributed by atoms with Crippen LogP contribution in [-0.4, -0.2) is 43.9 Å². The molecule has 0 amide bonds. The van der Waals surface area contributed by atoms with Crippen LogP contribution >= 0.6 is 0 Å². The van der Waals surface area contributed by atoms with Crippen molar-refractivity contribution in [2.45, 2.75) is 32.4 Å². The van der Waals surface area contributed by atoms with Crippen LogP contribution in [0.5, 0.6) is 5.75 Å². The van der Waals surface area contributed by atoms with Gasteiger partial charge in [-0.15, -0.1) is 0 Å². The van der Waals surface area contributed by atoms with Gasteiger partial charge in [0.15, 0.2) is 0 Å². The van der Waals surface area contributed by atoms with Gasteiger partial charge in [-0.2, -0.15) is 0 Å². The van der Waals surface area contributed by atoms with Gasteiger partial charge in [-0.3, -0.25) is 9.29 Å². The molecule has 1 heterocycles. The Bertz CT molecular complexity index is 405. The maximum Gasteiger partial charge on any atom is 0.124 e. The molecule has 4 heteroatoms. The average Bonchev–Trinajstić information content (AvgIpc) is 2.46. The molecule has 1 aliphatic heterocycles. The molecule has 0 aliphatic carbocycles. The van der Waals surface area contributed by atoms with E-state index in [0.717, 1.165) is 37.5 Å². The minimum Gasteiger partial charge on any atom is -0.491 e. The van der Waals surface area contributed by atoms with Crippen LogP contribution in [0.4, 0.5) is 4.39 Å². The fourth-order valence-corrected chi connectivity index (χ4v) is 2.75. The largest absolute Gasteiger partial charge is 0.491 e. The van der Waals surface area contributed by atoms with Gasteiger partial charge in [0, 0.05) is 37.8 Å². The summed E-state index contributed by atoms with van der Waals surface area (Å²) in [5.74, 6) is 0.888. The van der Waals surface area contributed by atoms with Crippen molar-refractivity contribution in [1.29, 1.82) is 0 Å². The quantitative estimate of drug-likeness (QED) is 0.867. The Morgan fingerprint density at radius 3 is 2.60 bits per heavy atom. The minimum atomic E-state index is -0.301. The summed E-state index contributed by atoms with van der Waals surface area (Å²) in [6.45, 7) is 7.59. The predicted octanol–water partition coefficient (Wildman–Crippen LogP) is 2.78. The van der Waals surface area contributed by atoms with Crippen LogP contribution < -0.4 is 10.1 Å². The molecule has 1 saturated heterocycles. The maximum atomic E-state index is 13.0. The van der Waals surface area contributed by atoms with Gasteiger partial charge in [0.25, 0.3) is 0 Å². The Hall–Kier alpha value is -1.13.